The highest BCUT2D eigenvalue weighted by Gasteiger charge is 2.16. The van der Waals surface area contributed by atoms with Gasteiger partial charge in [0.05, 0.1) is 34.0 Å². The van der Waals surface area contributed by atoms with Crippen molar-refractivity contribution in [3.05, 3.63) is 57.6 Å². The smallest absolute Gasteiger partial charge is 0.338 e. The van der Waals surface area contributed by atoms with E-state index in [1.807, 2.05) is 17.6 Å². The summed E-state index contributed by atoms with van der Waals surface area (Å²) in [4.78, 5) is 29.1. The molecule has 2 aromatic carbocycles. The Morgan fingerprint density at radius 3 is 2.61 bits per heavy atom. The molecule has 28 heavy (non-hydrogen) atoms. The number of Topliss-reactive ketones (excluding diaryl/α,β-unsaturated/α-hetero) is 1. The number of aryl methyl sites for hydroxylation is 1. The van der Waals surface area contributed by atoms with Crippen molar-refractivity contribution >= 4 is 57.7 Å². The van der Waals surface area contributed by atoms with Crippen LogP contribution < -0.4 is 0 Å². The highest BCUT2D eigenvalue weighted by atomic mass is 35.5. The number of thioether (sulfide) groups is 1. The van der Waals surface area contributed by atoms with Gasteiger partial charge >= 0.3 is 5.97 Å². The van der Waals surface area contributed by atoms with Crippen molar-refractivity contribution in [3.8, 4) is 0 Å². The summed E-state index contributed by atoms with van der Waals surface area (Å²) < 4.78 is 7.05. The number of carbonyl (C=O) groups excluding carboxylic acids is 2. The number of ether oxygens (including phenoxy) is 1. The molecule has 1 aromatic heterocycles. The van der Waals surface area contributed by atoms with Crippen molar-refractivity contribution in [2.75, 3.05) is 12.4 Å². The molecule has 146 valence electrons. The third-order valence-electron chi connectivity index (χ3n) is 4.10. The van der Waals surface area contributed by atoms with Crippen LogP contribution >= 0.6 is 35.0 Å². The molecule has 8 heteroatoms. The van der Waals surface area contributed by atoms with Crippen LogP contribution in [0.4, 0.5) is 0 Å². The molecule has 0 saturated carbocycles. The number of carbonyl (C=O) groups is 2. The molecule has 0 unspecified atom stereocenters. The highest BCUT2D eigenvalue weighted by molar-refractivity contribution is 7.99. The van der Waals surface area contributed by atoms with E-state index < -0.39 is 0 Å². The number of imidazole rings is 1. The van der Waals surface area contributed by atoms with Crippen LogP contribution in [0.1, 0.15) is 34.6 Å². The highest BCUT2D eigenvalue weighted by Crippen LogP contribution is 2.27. The van der Waals surface area contributed by atoms with Crippen LogP contribution in [0.15, 0.2) is 41.6 Å². The van der Waals surface area contributed by atoms with Gasteiger partial charge in [-0.25, -0.2) is 9.78 Å². The number of hydrogen-bond donors (Lipinski definition) is 0. The maximum absolute atomic E-state index is 12.5. The van der Waals surface area contributed by atoms with Crippen LogP contribution in [0.25, 0.3) is 11.0 Å². The molecule has 0 radical (unpaired) electrons. The lowest BCUT2D eigenvalue weighted by Gasteiger charge is -2.06. The van der Waals surface area contributed by atoms with Crippen molar-refractivity contribution in [2.45, 2.75) is 25.5 Å². The van der Waals surface area contributed by atoms with Crippen LogP contribution in [-0.2, 0) is 11.3 Å². The van der Waals surface area contributed by atoms with E-state index in [1.165, 1.54) is 11.8 Å². The van der Waals surface area contributed by atoms with E-state index in [2.05, 4.69) is 4.98 Å². The molecule has 0 bridgehead atoms. The second-order valence-electron chi connectivity index (χ2n) is 5.90. The maximum atomic E-state index is 12.5. The fraction of sp³-hybridized carbons (Fsp3) is 0.250. The van der Waals surface area contributed by atoms with Gasteiger partial charge in [-0.1, -0.05) is 35.0 Å². The van der Waals surface area contributed by atoms with Crippen molar-refractivity contribution < 1.29 is 14.3 Å². The fourth-order valence-electron chi connectivity index (χ4n) is 2.79. The second-order valence-corrected chi connectivity index (χ2v) is 7.68. The van der Waals surface area contributed by atoms with Crippen molar-refractivity contribution in [3.63, 3.8) is 0 Å². The number of ketones is 1. The lowest BCUT2D eigenvalue weighted by atomic mass is 10.1. The first-order valence-electron chi connectivity index (χ1n) is 8.73. The van der Waals surface area contributed by atoms with Gasteiger partial charge in [-0.3, -0.25) is 4.79 Å². The normalized spacial score (nSPS) is 11.0. The summed E-state index contributed by atoms with van der Waals surface area (Å²) in [6, 6.07) is 10.1. The van der Waals surface area contributed by atoms with Gasteiger partial charge in [0.25, 0.3) is 0 Å². The van der Waals surface area contributed by atoms with E-state index in [-0.39, 0.29) is 17.5 Å². The Morgan fingerprint density at radius 2 is 1.93 bits per heavy atom. The molecule has 5 nitrogen and oxygen atoms in total. The number of benzene rings is 2. The number of rotatable bonds is 7. The maximum Gasteiger partial charge on any atom is 0.338 e. The van der Waals surface area contributed by atoms with Gasteiger partial charge in [-0.2, -0.15) is 0 Å². The molecule has 0 amide bonds. The molecule has 0 aliphatic carbocycles. The van der Waals surface area contributed by atoms with Crippen LogP contribution in [0, 0.1) is 0 Å². The van der Waals surface area contributed by atoms with E-state index in [4.69, 9.17) is 27.9 Å². The molecule has 3 rings (SSSR count). The summed E-state index contributed by atoms with van der Waals surface area (Å²) in [5, 5.41) is 1.53. The van der Waals surface area contributed by atoms with E-state index in [0.29, 0.717) is 45.0 Å². The summed E-state index contributed by atoms with van der Waals surface area (Å²) >= 11 is 13.3. The Labute approximate surface area is 177 Å². The monoisotopic (exact) mass is 436 g/mol. The minimum absolute atomic E-state index is 0.103. The molecule has 0 aliphatic rings. The standard InChI is InChI=1S/C20H18Cl2N2O3S/c1-3-24-17-8-5-12(19(26)27-4-2)9-16(17)23-20(24)28-11-18(25)14-7-6-13(21)10-15(14)22/h5-10H,3-4,11H2,1-2H3. The number of esters is 1. The molecule has 3 aromatic rings. The minimum atomic E-state index is -0.378. The van der Waals surface area contributed by atoms with E-state index >= 15 is 0 Å². The van der Waals surface area contributed by atoms with Gasteiger partial charge < -0.3 is 9.30 Å². The first kappa shape index (κ1) is 20.7. The summed E-state index contributed by atoms with van der Waals surface area (Å²) in [6.07, 6.45) is 0. The zero-order valence-electron chi connectivity index (χ0n) is 15.4. The van der Waals surface area contributed by atoms with Crippen LogP contribution in [0.5, 0.6) is 0 Å². The first-order valence-corrected chi connectivity index (χ1v) is 10.5. The second kappa shape index (κ2) is 8.99. The van der Waals surface area contributed by atoms with Gasteiger partial charge in [0.1, 0.15) is 0 Å². The third kappa shape index (κ3) is 4.35. The summed E-state index contributed by atoms with van der Waals surface area (Å²) in [7, 11) is 0. The van der Waals surface area contributed by atoms with Gasteiger partial charge in [-0.05, 0) is 50.2 Å². The molecule has 0 aliphatic heterocycles. The van der Waals surface area contributed by atoms with Gasteiger partial charge in [0.15, 0.2) is 10.9 Å². The molecule has 0 atom stereocenters. The Hall–Kier alpha value is -2.02. The largest absolute Gasteiger partial charge is 0.462 e. The molecule has 0 fully saturated rings. The molecule has 1 heterocycles. The fourth-order valence-corrected chi connectivity index (χ4v) is 4.26. The van der Waals surface area contributed by atoms with E-state index in [0.717, 1.165) is 5.52 Å². The topological polar surface area (TPSA) is 61.2 Å². The minimum Gasteiger partial charge on any atom is -0.462 e. The number of hydrogen-bond acceptors (Lipinski definition) is 5. The average molecular weight is 437 g/mol. The quantitative estimate of drug-likeness (QED) is 0.277. The van der Waals surface area contributed by atoms with E-state index in [9.17, 15) is 9.59 Å². The van der Waals surface area contributed by atoms with Crippen molar-refractivity contribution in [2.24, 2.45) is 0 Å². The molecular weight excluding hydrogens is 419 g/mol. The number of fused-ring (bicyclic) bond motifs is 1. The van der Waals surface area contributed by atoms with Crippen molar-refractivity contribution in [1.82, 2.24) is 9.55 Å². The summed E-state index contributed by atoms with van der Waals surface area (Å²) in [5.74, 6) is -0.291. The van der Waals surface area contributed by atoms with Gasteiger partial charge in [0, 0.05) is 17.1 Å². The Bertz CT molecular complexity index is 1050. The predicted octanol–water partition coefficient (Wildman–Crippen LogP) is 5.51. The lowest BCUT2D eigenvalue weighted by Crippen LogP contribution is -2.05. The molecule has 0 spiro atoms. The van der Waals surface area contributed by atoms with E-state index in [1.54, 1.807) is 37.3 Å². The SMILES string of the molecule is CCOC(=O)c1ccc2c(c1)nc(SCC(=O)c1ccc(Cl)cc1Cl)n2CC. The van der Waals surface area contributed by atoms with Crippen molar-refractivity contribution in [1.29, 1.82) is 0 Å². The van der Waals surface area contributed by atoms with Crippen LogP contribution in [-0.4, -0.2) is 33.7 Å². The van der Waals surface area contributed by atoms with Crippen LogP contribution in [0.2, 0.25) is 10.0 Å². The molecular formula is C20H18Cl2N2O3S. The zero-order valence-corrected chi connectivity index (χ0v) is 17.7. The number of aromatic nitrogens is 2. The third-order valence-corrected chi connectivity index (χ3v) is 5.63. The lowest BCUT2D eigenvalue weighted by molar-refractivity contribution is 0.0526. The van der Waals surface area contributed by atoms with Crippen LogP contribution in [0.3, 0.4) is 0 Å². The number of halogens is 2. The number of nitrogens with zero attached hydrogens (tertiary/aromatic N) is 2. The zero-order chi connectivity index (χ0) is 20.3. The average Bonchev–Trinajstić information content (AvgIpc) is 3.02. The van der Waals surface area contributed by atoms with Gasteiger partial charge in [0.2, 0.25) is 0 Å². The predicted molar refractivity (Wildman–Crippen MR) is 113 cm³/mol. The Balaban J connectivity index is 1.84. The Morgan fingerprint density at radius 1 is 1.14 bits per heavy atom. The summed E-state index contributed by atoms with van der Waals surface area (Å²) in [5.41, 5.74) is 2.47. The first-order chi connectivity index (χ1) is 13.4. The molecule has 0 N–H and O–H groups in total. The summed E-state index contributed by atoms with van der Waals surface area (Å²) in [6.45, 7) is 4.77. The molecule has 0 saturated heterocycles. The van der Waals surface area contributed by atoms with Gasteiger partial charge in [-0.15, -0.1) is 0 Å². The Kier molecular flexibility index (Phi) is 6.65.